The minimum Gasteiger partial charge on any atom is -0.462 e. The van der Waals surface area contributed by atoms with E-state index in [2.05, 4.69) is 45.1 Å². The van der Waals surface area contributed by atoms with Crippen molar-refractivity contribution in [2.45, 2.75) is 386 Å². The molecule has 0 saturated heterocycles. The van der Waals surface area contributed by atoms with E-state index >= 15 is 0 Å². The van der Waals surface area contributed by atoms with Crippen molar-refractivity contribution >= 4 is 17.9 Å². The number of esters is 3. The molecule has 0 aromatic carbocycles. The van der Waals surface area contributed by atoms with Crippen molar-refractivity contribution in [2.24, 2.45) is 0 Å². The Morgan fingerprint density at radius 2 is 0.440 bits per heavy atom. The van der Waals surface area contributed by atoms with Crippen LogP contribution in [0.25, 0.3) is 0 Å². The fourth-order valence-electron chi connectivity index (χ4n) is 10.3. The van der Waals surface area contributed by atoms with Gasteiger partial charge in [0.1, 0.15) is 13.2 Å². The second kappa shape index (κ2) is 64.4. The van der Waals surface area contributed by atoms with Gasteiger partial charge in [0.05, 0.1) is 0 Å². The minimum absolute atomic E-state index is 0.0672. The van der Waals surface area contributed by atoms with Gasteiger partial charge in [-0.15, -0.1) is 0 Å². The summed E-state index contributed by atoms with van der Waals surface area (Å²) in [6.45, 7) is 6.69. The monoisotopic (exact) mass is 1050 g/mol. The standard InChI is InChI=1S/C69H130O6/c1-4-7-10-13-16-19-22-24-26-28-29-30-31-32-33-34-35-36-37-38-39-41-42-44-47-50-53-56-59-62-68(71)74-65-66(64-73-67(70)61-58-55-52-49-46-21-18-15-12-9-6-3)75-69(72)63-60-57-54-51-48-45-43-40-27-25-23-20-17-14-11-8-5-2/h25,27-29,66H,4-24,26,30-65H2,1-3H3/b27-25-,29-28-. The Labute approximate surface area is 468 Å². The maximum atomic E-state index is 12.9. The van der Waals surface area contributed by atoms with Gasteiger partial charge >= 0.3 is 17.9 Å². The summed E-state index contributed by atoms with van der Waals surface area (Å²) in [6, 6.07) is 0. The molecule has 0 amide bonds. The number of allylic oxidation sites excluding steroid dienone is 4. The van der Waals surface area contributed by atoms with Crippen LogP contribution in [0.1, 0.15) is 380 Å². The van der Waals surface area contributed by atoms with Gasteiger partial charge in [-0.05, 0) is 70.6 Å². The maximum Gasteiger partial charge on any atom is 0.306 e. The summed E-state index contributed by atoms with van der Waals surface area (Å²) in [5, 5.41) is 0. The van der Waals surface area contributed by atoms with Crippen molar-refractivity contribution in [2.75, 3.05) is 13.2 Å². The van der Waals surface area contributed by atoms with Crippen LogP contribution in [0.5, 0.6) is 0 Å². The number of rotatable bonds is 63. The molecule has 0 aliphatic rings. The maximum absolute atomic E-state index is 12.9. The van der Waals surface area contributed by atoms with Gasteiger partial charge in [-0.25, -0.2) is 0 Å². The number of carbonyl (C=O) groups is 3. The van der Waals surface area contributed by atoms with Crippen LogP contribution in [-0.4, -0.2) is 37.2 Å². The highest BCUT2D eigenvalue weighted by molar-refractivity contribution is 5.71. The zero-order valence-electron chi connectivity index (χ0n) is 50.8. The Bertz CT molecular complexity index is 1210. The fraction of sp³-hybridized carbons (Fsp3) is 0.899. The summed E-state index contributed by atoms with van der Waals surface area (Å²) in [6.07, 6.45) is 77.8. The van der Waals surface area contributed by atoms with E-state index in [9.17, 15) is 14.4 Å². The number of hydrogen-bond acceptors (Lipinski definition) is 6. The third-order valence-corrected chi connectivity index (χ3v) is 15.4. The third kappa shape index (κ3) is 62.6. The molecule has 0 saturated carbocycles. The molecule has 0 aliphatic heterocycles. The largest absolute Gasteiger partial charge is 0.462 e. The van der Waals surface area contributed by atoms with Crippen LogP contribution < -0.4 is 0 Å². The molecule has 6 heteroatoms. The van der Waals surface area contributed by atoms with Crippen LogP contribution in [0.2, 0.25) is 0 Å². The average Bonchev–Trinajstić information content (AvgIpc) is 3.41. The predicted molar refractivity (Wildman–Crippen MR) is 326 cm³/mol. The molecule has 0 rings (SSSR count). The molecule has 0 bridgehead atoms. The first kappa shape index (κ1) is 72.9. The smallest absolute Gasteiger partial charge is 0.306 e. The van der Waals surface area contributed by atoms with Crippen molar-refractivity contribution in [3.63, 3.8) is 0 Å². The van der Waals surface area contributed by atoms with Gasteiger partial charge in [0, 0.05) is 19.3 Å². The van der Waals surface area contributed by atoms with Crippen LogP contribution in [0.15, 0.2) is 24.3 Å². The molecule has 0 N–H and O–H groups in total. The van der Waals surface area contributed by atoms with E-state index in [0.717, 1.165) is 57.8 Å². The molecule has 0 spiro atoms. The van der Waals surface area contributed by atoms with E-state index in [-0.39, 0.29) is 31.1 Å². The van der Waals surface area contributed by atoms with E-state index in [1.54, 1.807) is 0 Å². The van der Waals surface area contributed by atoms with Gasteiger partial charge in [0.25, 0.3) is 0 Å². The molecule has 0 radical (unpaired) electrons. The lowest BCUT2D eigenvalue weighted by Crippen LogP contribution is -2.30. The van der Waals surface area contributed by atoms with E-state index in [1.165, 1.54) is 283 Å². The SMILES string of the molecule is CCCCCCCC/C=C\CCCCCCCCCC(=O)OC(COC(=O)CCCCCCCCCCCCC)COC(=O)CCCCCCCCCCCCCCCCCCC/C=C\CCCCCCCCCC. The average molecular weight is 1060 g/mol. The lowest BCUT2D eigenvalue weighted by Gasteiger charge is -2.18. The second-order valence-electron chi connectivity index (χ2n) is 23.1. The summed E-state index contributed by atoms with van der Waals surface area (Å²) < 4.78 is 16.9. The summed E-state index contributed by atoms with van der Waals surface area (Å²) in [4.78, 5) is 38.3. The number of hydrogen-bond donors (Lipinski definition) is 0. The van der Waals surface area contributed by atoms with Crippen LogP contribution in [-0.2, 0) is 28.6 Å². The molecule has 1 atom stereocenters. The quantitative estimate of drug-likeness (QED) is 0.0261. The first-order valence-electron chi connectivity index (χ1n) is 33.8. The van der Waals surface area contributed by atoms with E-state index < -0.39 is 6.10 Å². The highest BCUT2D eigenvalue weighted by atomic mass is 16.6. The zero-order chi connectivity index (χ0) is 54.3. The summed E-state index contributed by atoms with van der Waals surface area (Å²) in [5.74, 6) is -0.845. The molecule has 0 heterocycles. The zero-order valence-corrected chi connectivity index (χ0v) is 50.8. The highest BCUT2D eigenvalue weighted by Gasteiger charge is 2.19. The van der Waals surface area contributed by atoms with Crippen molar-refractivity contribution in [3.05, 3.63) is 24.3 Å². The number of unbranched alkanes of at least 4 members (excludes halogenated alkanes) is 48. The molecule has 0 aromatic rings. The molecule has 0 aromatic heterocycles. The van der Waals surface area contributed by atoms with Crippen LogP contribution >= 0.6 is 0 Å². The van der Waals surface area contributed by atoms with Crippen molar-refractivity contribution in [3.8, 4) is 0 Å². The fourth-order valence-corrected chi connectivity index (χ4v) is 10.3. The van der Waals surface area contributed by atoms with E-state index in [4.69, 9.17) is 14.2 Å². The van der Waals surface area contributed by atoms with Crippen molar-refractivity contribution in [1.82, 2.24) is 0 Å². The van der Waals surface area contributed by atoms with Crippen LogP contribution in [0.3, 0.4) is 0 Å². The Kier molecular flexibility index (Phi) is 62.6. The Balaban J connectivity index is 4.13. The topological polar surface area (TPSA) is 78.9 Å². The van der Waals surface area contributed by atoms with Gasteiger partial charge in [-0.2, -0.15) is 0 Å². The Morgan fingerprint density at radius 1 is 0.253 bits per heavy atom. The highest BCUT2D eigenvalue weighted by Crippen LogP contribution is 2.18. The molecule has 6 nitrogen and oxygen atoms in total. The predicted octanol–water partition coefficient (Wildman–Crippen LogP) is 23.0. The van der Waals surface area contributed by atoms with Gasteiger partial charge < -0.3 is 14.2 Å². The van der Waals surface area contributed by atoms with Crippen molar-refractivity contribution < 1.29 is 28.6 Å². The molecule has 75 heavy (non-hydrogen) atoms. The van der Waals surface area contributed by atoms with Crippen LogP contribution in [0, 0.1) is 0 Å². The number of ether oxygens (including phenoxy) is 3. The first-order chi connectivity index (χ1) is 37.0. The first-order valence-corrected chi connectivity index (χ1v) is 33.8. The van der Waals surface area contributed by atoms with Crippen LogP contribution in [0.4, 0.5) is 0 Å². The third-order valence-electron chi connectivity index (χ3n) is 15.4. The molecular formula is C69H130O6. The van der Waals surface area contributed by atoms with Gasteiger partial charge in [0.15, 0.2) is 6.10 Å². The molecule has 0 fully saturated rings. The lowest BCUT2D eigenvalue weighted by molar-refractivity contribution is -0.167. The Morgan fingerprint density at radius 3 is 0.667 bits per heavy atom. The molecule has 442 valence electrons. The van der Waals surface area contributed by atoms with Gasteiger partial charge in [-0.1, -0.05) is 315 Å². The molecule has 1 unspecified atom stereocenters. The van der Waals surface area contributed by atoms with Gasteiger partial charge in [-0.3, -0.25) is 14.4 Å². The molecule has 0 aliphatic carbocycles. The normalized spacial score (nSPS) is 12.1. The molecular weight excluding hydrogens is 925 g/mol. The van der Waals surface area contributed by atoms with Gasteiger partial charge in [0.2, 0.25) is 0 Å². The number of carbonyl (C=O) groups excluding carboxylic acids is 3. The lowest BCUT2D eigenvalue weighted by atomic mass is 10.0. The summed E-state index contributed by atoms with van der Waals surface area (Å²) in [7, 11) is 0. The second-order valence-corrected chi connectivity index (χ2v) is 23.1. The minimum atomic E-state index is -0.769. The van der Waals surface area contributed by atoms with E-state index in [0.29, 0.717) is 19.3 Å². The van der Waals surface area contributed by atoms with E-state index in [1.807, 2.05) is 0 Å². The van der Waals surface area contributed by atoms with Crippen molar-refractivity contribution in [1.29, 1.82) is 0 Å². The summed E-state index contributed by atoms with van der Waals surface area (Å²) >= 11 is 0. The Hall–Kier alpha value is -2.11. The summed E-state index contributed by atoms with van der Waals surface area (Å²) in [5.41, 5.74) is 0.